The van der Waals surface area contributed by atoms with E-state index < -0.39 is 29.9 Å². The molecule has 0 saturated carbocycles. The summed E-state index contributed by atoms with van der Waals surface area (Å²) in [4.78, 5) is 49.9. The lowest BCUT2D eigenvalue weighted by atomic mass is 10.2. The minimum atomic E-state index is -1.62. The van der Waals surface area contributed by atoms with Gasteiger partial charge in [0.1, 0.15) is 5.69 Å². The van der Waals surface area contributed by atoms with Gasteiger partial charge in [-0.2, -0.15) is 0 Å². The van der Waals surface area contributed by atoms with Crippen LogP contribution in [-0.2, 0) is 19.1 Å². The fourth-order valence-corrected chi connectivity index (χ4v) is 1.52. The summed E-state index contributed by atoms with van der Waals surface area (Å²) in [5.74, 6) is -3.95. The molecule has 1 aromatic heterocycles. The number of carboxylic acids is 1. The SMILES string of the molecule is CCOC(=O)C(NC(=O)c1ccc(C(=O)O)cn1)C(=O)OCC. The van der Waals surface area contributed by atoms with Crippen molar-refractivity contribution in [3.05, 3.63) is 29.6 Å². The highest BCUT2D eigenvalue weighted by Crippen LogP contribution is 2.02. The van der Waals surface area contributed by atoms with Crippen molar-refractivity contribution in [3.63, 3.8) is 0 Å². The lowest BCUT2D eigenvalue weighted by Crippen LogP contribution is -2.48. The van der Waals surface area contributed by atoms with Crippen LogP contribution in [0, 0.1) is 0 Å². The summed E-state index contributed by atoms with van der Waals surface area (Å²) >= 11 is 0. The molecule has 0 aliphatic carbocycles. The van der Waals surface area contributed by atoms with E-state index in [1.807, 2.05) is 0 Å². The highest BCUT2D eigenvalue weighted by molar-refractivity contribution is 6.05. The number of carbonyl (C=O) groups excluding carboxylic acids is 3. The fraction of sp³-hybridized carbons (Fsp3) is 0.357. The molecule has 23 heavy (non-hydrogen) atoms. The molecule has 0 bridgehead atoms. The van der Waals surface area contributed by atoms with E-state index in [1.165, 1.54) is 6.07 Å². The van der Waals surface area contributed by atoms with Crippen LogP contribution in [0.4, 0.5) is 0 Å². The Morgan fingerprint density at radius 2 is 1.70 bits per heavy atom. The molecule has 0 radical (unpaired) electrons. The lowest BCUT2D eigenvalue weighted by molar-refractivity contribution is -0.157. The van der Waals surface area contributed by atoms with E-state index in [4.69, 9.17) is 14.6 Å². The number of carboxylic acid groups (broad SMARTS) is 1. The molecular formula is C14H16N2O7. The summed E-state index contributed by atoms with van der Waals surface area (Å²) in [5.41, 5.74) is -0.262. The average molecular weight is 324 g/mol. The van der Waals surface area contributed by atoms with Gasteiger partial charge in [-0.05, 0) is 26.0 Å². The van der Waals surface area contributed by atoms with Crippen LogP contribution in [0.25, 0.3) is 0 Å². The van der Waals surface area contributed by atoms with Gasteiger partial charge in [0.05, 0.1) is 18.8 Å². The number of carbonyl (C=O) groups is 4. The van der Waals surface area contributed by atoms with Crippen molar-refractivity contribution in [1.82, 2.24) is 10.3 Å². The molecule has 1 rings (SSSR count). The molecule has 9 heteroatoms. The first-order valence-corrected chi connectivity index (χ1v) is 6.74. The summed E-state index contributed by atoms with van der Waals surface area (Å²) < 4.78 is 9.41. The fourth-order valence-electron chi connectivity index (χ4n) is 1.52. The maximum atomic E-state index is 12.0. The smallest absolute Gasteiger partial charge is 0.340 e. The zero-order valence-corrected chi connectivity index (χ0v) is 12.6. The molecule has 1 heterocycles. The number of aromatic carboxylic acids is 1. The monoisotopic (exact) mass is 324 g/mol. The first-order valence-electron chi connectivity index (χ1n) is 6.74. The highest BCUT2D eigenvalue weighted by Gasteiger charge is 2.31. The number of amides is 1. The highest BCUT2D eigenvalue weighted by atomic mass is 16.6. The van der Waals surface area contributed by atoms with Gasteiger partial charge >= 0.3 is 17.9 Å². The molecule has 9 nitrogen and oxygen atoms in total. The van der Waals surface area contributed by atoms with Crippen molar-refractivity contribution < 1.29 is 33.8 Å². The predicted octanol–water partition coefficient (Wildman–Crippen LogP) is 0.00440. The third kappa shape index (κ3) is 5.06. The number of nitrogens with one attached hydrogen (secondary N) is 1. The number of esters is 2. The molecule has 0 spiro atoms. The second kappa shape index (κ2) is 8.47. The van der Waals surface area contributed by atoms with E-state index in [2.05, 4.69) is 10.3 Å². The lowest BCUT2D eigenvalue weighted by Gasteiger charge is -2.15. The Morgan fingerprint density at radius 1 is 1.13 bits per heavy atom. The second-order valence-corrected chi connectivity index (χ2v) is 4.15. The molecule has 0 saturated heterocycles. The van der Waals surface area contributed by atoms with Crippen LogP contribution in [0.15, 0.2) is 18.3 Å². The molecule has 0 unspecified atom stereocenters. The van der Waals surface area contributed by atoms with Crippen LogP contribution in [0.3, 0.4) is 0 Å². The van der Waals surface area contributed by atoms with E-state index in [9.17, 15) is 19.2 Å². The standard InChI is InChI=1S/C14H16N2O7/c1-3-22-13(20)10(14(21)23-4-2)16-11(17)9-6-5-8(7-15-9)12(18)19/h5-7,10H,3-4H2,1-2H3,(H,16,17)(H,18,19). The summed E-state index contributed by atoms with van der Waals surface area (Å²) in [5, 5.41) is 10.9. The quantitative estimate of drug-likeness (QED) is 0.529. The maximum absolute atomic E-state index is 12.0. The van der Waals surface area contributed by atoms with Gasteiger partial charge in [-0.15, -0.1) is 0 Å². The van der Waals surface area contributed by atoms with Gasteiger partial charge < -0.3 is 19.9 Å². The number of rotatable bonds is 7. The summed E-state index contributed by atoms with van der Waals surface area (Å²) in [6.07, 6.45) is 0.987. The van der Waals surface area contributed by atoms with Crippen LogP contribution in [0.2, 0.25) is 0 Å². The van der Waals surface area contributed by atoms with E-state index in [0.717, 1.165) is 12.3 Å². The molecule has 1 amide bonds. The zero-order valence-electron chi connectivity index (χ0n) is 12.6. The Bertz CT molecular complexity index is 580. The van der Waals surface area contributed by atoms with Crippen LogP contribution in [0.5, 0.6) is 0 Å². The molecule has 0 aromatic carbocycles. The molecular weight excluding hydrogens is 308 g/mol. The van der Waals surface area contributed by atoms with Crippen LogP contribution in [0.1, 0.15) is 34.7 Å². The van der Waals surface area contributed by atoms with Crippen molar-refractivity contribution in [3.8, 4) is 0 Å². The Labute approximate surface area is 131 Å². The number of ether oxygens (including phenoxy) is 2. The van der Waals surface area contributed by atoms with Crippen molar-refractivity contribution >= 4 is 23.8 Å². The van der Waals surface area contributed by atoms with Gasteiger partial charge in [0, 0.05) is 6.20 Å². The van der Waals surface area contributed by atoms with Crippen molar-refractivity contribution in [2.24, 2.45) is 0 Å². The number of hydrogen-bond donors (Lipinski definition) is 2. The minimum Gasteiger partial charge on any atom is -0.478 e. The molecule has 2 N–H and O–H groups in total. The van der Waals surface area contributed by atoms with Gasteiger partial charge in [0.25, 0.3) is 5.91 Å². The number of nitrogens with zero attached hydrogens (tertiary/aromatic N) is 1. The van der Waals surface area contributed by atoms with Crippen molar-refractivity contribution in [1.29, 1.82) is 0 Å². The summed E-state index contributed by atoms with van der Waals surface area (Å²) in [6.45, 7) is 3.15. The van der Waals surface area contributed by atoms with Gasteiger partial charge in [-0.1, -0.05) is 0 Å². The van der Waals surface area contributed by atoms with E-state index in [-0.39, 0.29) is 24.5 Å². The molecule has 1 aromatic rings. The normalized spacial score (nSPS) is 10.0. The van der Waals surface area contributed by atoms with E-state index >= 15 is 0 Å². The molecule has 0 fully saturated rings. The zero-order chi connectivity index (χ0) is 17.4. The first kappa shape index (κ1) is 18.1. The number of hydrogen-bond acceptors (Lipinski definition) is 7. The number of aromatic nitrogens is 1. The molecule has 0 atom stereocenters. The Hall–Kier alpha value is -2.97. The van der Waals surface area contributed by atoms with E-state index in [1.54, 1.807) is 13.8 Å². The van der Waals surface area contributed by atoms with Gasteiger partial charge in [0.15, 0.2) is 0 Å². The number of pyridine rings is 1. The van der Waals surface area contributed by atoms with Gasteiger partial charge in [-0.25, -0.2) is 14.4 Å². The molecule has 0 aliphatic heterocycles. The van der Waals surface area contributed by atoms with Crippen LogP contribution < -0.4 is 5.32 Å². The van der Waals surface area contributed by atoms with Gasteiger partial charge in [0.2, 0.25) is 6.04 Å². The molecule has 0 aliphatic rings. The van der Waals surface area contributed by atoms with Crippen LogP contribution in [-0.4, -0.2) is 53.2 Å². The van der Waals surface area contributed by atoms with Gasteiger partial charge in [-0.3, -0.25) is 9.78 Å². The van der Waals surface area contributed by atoms with E-state index in [0.29, 0.717) is 0 Å². The summed E-state index contributed by atoms with van der Waals surface area (Å²) in [6, 6.07) is 0.712. The predicted molar refractivity (Wildman–Crippen MR) is 75.7 cm³/mol. The average Bonchev–Trinajstić information content (AvgIpc) is 2.52. The topological polar surface area (TPSA) is 132 Å². The Kier molecular flexibility index (Phi) is 6.66. The Balaban J connectivity index is 2.89. The van der Waals surface area contributed by atoms with Crippen molar-refractivity contribution in [2.75, 3.05) is 13.2 Å². The van der Waals surface area contributed by atoms with Crippen molar-refractivity contribution in [2.45, 2.75) is 19.9 Å². The minimum absolute atomic E-state index is 0.0240. The third-order valence-electron chi connectivity index (χ3n) is 2.56. The Morgan fingerprint density at radius 3 is 2.09 bits per heavy atom. The maximum Gasteiger partial charge on any atom is 0.340 e. The second-order valence-electron chi connectivity index (χ2n) is 4.15. The molecule has 124 valence electrons. The summed E-state index contributed by atoms with van der Waals surface area (Å²) in [7, 11) is 0. The largest absolute Gasteiger partial charge is 0.478 e. The third-order valence-corrected chi connectivity index (χ3v) is 2.56. The first-order chi connectivity index (χ1) is 10.9. The van der Waals surface area contributed by atoms with Crippen LogP contribution >= 0.6 is 0 Å².